The van der Waals surface area contributed by atoms with Gasteiger partial charge in [0.25, 0.3) is 0 Å². The fraction of sp³-hybridized carbons (Fsp3) is 1.00. The van der Waals surface area contributed by atoms with E-state index in [1.165, 1.54) is 32.1 Å². The van der Waals surface area contributed by atoms with Crippen LogP contribution in [0.1, 0.15) is 32.1 Å². The first-order valence-corrected chi connectivity index (χ1v) is 4.75. The average molecular weight is 155 g/mol. The molecule has 0 unspecified atom stereocenters. The molecule has 0 aromatic heterocycles. The molecule has 0 spiro atoms. The van der Waals surface area contributed by atoms with Crippen molar-refractivity contribution < 1.29 is 5.11 Å². The van der Waals surface area contributed by atoms with Gasteiger partial charge in [-0.15, -0.1) is 0 Å². The van der Waals surface area contributed by atoms with Gasteiger partial charge >= 0.3 is 0 Å². The summed E-state index contributed by atoms with van der Waals surface area (Å²) in [4.78, 5) is 0. The van der Waals surface area contributed by atoms with Crippen LogP contribution in [0.4, 0.5) is 0 Å². The molecule has 2 N–H and O–H groups in total. The normalized spacial score (nSPS) is 43.9. The lowest BCUT2D eigenvalue weighted by molar-refractivity contribution is 0.126. The molecule has 2 nitrogen and oxygen atoms in total. The lowest BCUT2D eigenvalue weighted by Gasteiger charge is -2.39. The van der Waals surface area contributed by atoms with Gasteiger partial charge < -0.3 is 10.4 Å². The van der Waals surface area contributed by atoms with Crippen LogP contribution in [0.2, 0.25) is 0 Å². The molecule has 11 heavy (non-hydrogen) atoms. The number of fused-ring (bicyclic) bond motifs is 2. The molecule has 2 heteroatoms. The minimum atomic E-state index is 0.398. The Morgan fingerprint density at radius 1 is 1.18 bits per heavy atom. The van der Waals surface area contributed by atoms with Gasteiger partial charge in [-0.1, -0.05) is 6.42 Å². The van der Waals surface area contributed by atoms with Gasteiger partial charge in [0.15, 0.2) is 0 Å². The highest BCUT2D eigenvalue weighted by Gasteiger charge is 2.30. The molecule has 2 aliphatic rings. The maximum atomic E-state index is 9.02. The van der Waals surface area contributed by atoms with Gasteiger partial charge in [-0.25, -0.2) is 0 Å². The molecule has 2 atom stereocenters. The van der Waals surface area contributed by atoms with E-state index in [-0.39, 0.29) is 0 Å². The summed E-state index contributed by atoms with van der Waals surface area (Å²) in [5, 5.41) is 12.6. The van der Waals surface area contributed by atoms with E-state index in [9.17, 15) is 0 Å². The molecule has 64 valence electrons. The Bertz CT molecular complexity index is 126. The van der Waals surface area contributed by atoms with Gasteiger partial charge in [-0.05, 0) is 31.6 Å². The topological polar surface area (TPSA) is 32.3 Å². The lowest BCUT2D eigenvalue weighted by Crippen LogP contribution is -2.49. The number of aliphatic hydroxyl groups is 1. The predicted molar refractivity (Wildman–Crippen MR) is 44.4 cm³/mol. The van der Waals surface area contributed by atoms with E-state index < -0.39 is 0 Å². The van der Waals surface area contributed by atoms with Crippen LogP contribution in [0, 0.1) is 5.92 Å². The minimum absolute atomic E-state index is 0.398. The molecule has 2 rings (SSSR count). The van der Waals surface area contributed by atoms with Crippen molar-refractivity contribution in [3.63, 3.8) is 0 Å². The highest BCUT2D eigenvalue weighted by atomic mass is 16.3. The van der Waals surface area contributed by atoms with Gasteiger partial charge in [0.1, 0.15) is 0 Å². The maximum absolute atomic E-state index is 9.02. The van der Waals surface area contributed by atoms with Crippen LogP contribution in [-0.4, -0.2) is 23.8 Å². The smallest absolute Gasteiger partial charge is 0.0460 e. The monoisotopic (exact) mass is 155 g/mol. The summed E-state index contributed by atoms with van der Waals surface area (Å²) >= 11 is 0. The first-order chi connectivity index (χ1) is 5.38. The summed E-state index contributed by atoms with van der Waals surface area (Å²) in [5.41, 5.74) is 0. The van der Waals surface area contributed by atoms with Crippen molar-refractivity contribution >= 4 is 0 Å². The molecule has 0 amide bonds. The van der Waals surface area contributed by atoms with E-state index in [0.717, 1.165) is 12.1 Å². The van der Waals surface area contributed by atoms with E-state index >= 15 is 0 Å². The first-order valence-electron chi connectivity index (χ1n) is 4.75. The molecular formula is C9H17NO. The van der Waals surface area contributed by atoms with E-state index in [2.05, 4.69) is 5.32 Å². The van der Waals surface area contributed by atoms with Crippen molar-refractivity contribution in [1.29, 1.82) is 0 Å². The van der Waals surface area contributed by atoms with Gasteiger partial charge in [-0.3, -0.25) is 0 Å². The molecule has 2 bridgehead atoms. The Morgan fingerprint density at radius 3 is 2.36 bits per heavy atom. The zero-order valence-electron chi connectivity index (χ0n) is 6.92. The van der Waals surface area contributed by atoms with Crippen LogP contribution in [0.15, 0.2) is 0 Å². The summed E-state index contributed by atoms with van der Waals surface area (Å²) in [6.07, 6.45) is 6.44. The standard InChI is InChI=1S/C9H17NO/c11-6-7-4-8-2-1-3-9(5-7)10-8/h7-11H,1-6H2/t8-,9-/m0/s1. The Hall–Kier alpha value is -0.0800. The third-order valence-corrected chi connectivity index (χ3v) is 3.07. The molecule has 2 fully saturated rings. The number of piperidine rings is 2. The lowest BCUT2D eigenvalue weighted by atomic mass is 9.81. The number of rotatable bonds is 1. The van der Waals surface area contributed by atoms with Crippen LogP contribution in [0.25, 0.3) is 0 Å². The van der Waals surface area contributed by atoms with E-state index in [0.29, 0.717) is 12.5 Å². The van der Waals surface area contributed by atoms with Crippen molar-refractivity contribution in [3.05, 3.63) is 0 Å². The Balaban J connectivity index is 1.94. The summed E-state index contributed by atoms with van der Waals surface area (Å²) < 4.78 is 0. The number of hydrogen-bond donors (Lipinski definition) is 2. The molecule has 0 aromatic carbocycles. The number of aliphatic hydroxyl groups excluding tert-OH is 1. The average Bonchev–Trinajstić information content (AvgIpc) is 2.03. The Morgan fingerprint density at radius 2 is 1.82 bits per heavy atom. The fourth-order valence-electron chi connectivity index (χ4n) is 2.53. The third-order valence-electron chi connectivity index (χ3n) is 3.07. The largest absolute Gasteiger partial charge is 0.396 e. The van der Waals surface area contributed by atoms with Crippen LogP contribution < -0.4 is 5.32 Å². The Kier molecular flexibility index (Phi) is 2.14. The molecule has 2 aliphatic heterocycles. The maximum Gasteiger partial charge on any atom is 0.0460 e. The summed E-state index contributed by atoms with van der Waals surface area (Å²) in [5.74, 6) is 0.589. The molecule has 0 saturated carbocycles. The van der Waals surface area contributed by atoms with Gasteiger partial charge in [0, 0.05) is 18.7 Å². The van der Waals surface area contributed by atoms with Crippen LogP contribution in [0.5, 0.6) is 0 Å². The second-order valence-electron chi connectivity index (χ2n) is 4.01. The first kappa shape index (κ1) is 7.56. The van der Waals surface area contributed by atoms with E-state index in [4.69, 9.17) is 5.11 Å². The van der Waals surface area contributed by atoms with Crippen molar-refractivity contribution in [1.82, 2.24) is 5.32 Å². The zero-order chi connectivity index (χ0) is 7.68. The van der Waals surface area contributed by atoms with Crippen molar-refractivity contribution in [2.24, 2.45) is 5.92 Å². The van der Waals surface area contributed by atoms with Crippen molar-refractivity contribution in [2.45, 2.75) is 44.2 Å². The van der Waals surface area contributed by atoms with Gasteiger partial charge in [-0.2, -0.15) is 0 Å². The second-order valence-corrected chi connectivity index (χ2v) is 4.01. The minimum Gasteiger partial charge on any atom is -0.396 e. The van der Waals surface area contributed by atoms with Gasteiger partial charge in [0.2, 0.25) is 0 Å². The van der Waals surface area contributed by atoms with Crippen LogP contribution in [0.3, 0.4) is 0 Å². The van der Waals surface area contributed by atoms with Crippen molar-refractivity contribution in [2.75, 3.05) is 6.61 Å². The fourth-order valence-corrected chi connectivity index (χ4v) is 2.53. The van der Waals surface area contributed by atoms with Crippen LogP contribution in [-0.2, 0) is 0 Å². The van der Waals surface area contributed by atoms with Gasteiger partial charge in [0.05, 0.1) is 0 Å². The van der Waals surface area contributed by atoms with Crippen molar-refractivity contribution in [3.8, 4) is 0 Å². The molecule has 0 radical (unpaired) electrons. The molecule has 2 saturated heterocycles. The number of nitrogens with one attached hydrogen (secondary N) is 1. The SMILES string of the molecule is OCC1C[C@@H]2CCC[C@@H](C1)N2. The molecule has 0 aromatic rings. The van der Waals surface area contributed by atoms with Crippen LogP contribution >= 0.6 is 0 Å². The highest BCUT2D eigenvalue weighted by molar-refractivity contribution is 4.88. The quantitative estimate of drug-likeness (QED) is 0.589. The second kappa shape index (κ2) is 3.11. The molecular weight excluding hydrogens is 138 g/mol. The van der Waals surface area contributed by atoms with E-state index in [1.807, 2.05) is 0 Å². The summed E-state index contributed by atoms with van der Waals surface area (Å²) in [6, 6.07) is 1.44. The molecule has 0 aliphatic carbocycles. The zero-order valence-corrected chi connectivity index (χ0v) is 6.92. The number of hydrogen-bond acceptors (Lipinski definition) is 2. The highest BCUT2D eigenvalue weighted by Crippen LogP contribution is 2.28. The summed E-state index contributed by atoms with van der Waals surface area (Å²) in [6.45, 7) is 0.398. The predicted octanol–water partition coefficient (Wildman–Crippen LogP) is 0.899. The molecule has 2 heterocycles. The Labute approximate surface area is 68.0 Å². The third kappa shape index (κ3) is 1.57. The summed E-state index contributed by atoms with van der Waals surface area (Å²) in [7, 11) is 0. The van der Waals surface area contributed by atoms with E-state index in [1.54, 1.807) is 0 Å².